The summed E-state index contributed by atoms with van der Waals surface area (Å²) in [4.78, 5) is 43.3. The zero-order valence-electron chi connectivity index (χ0n) is 24.7. The third kappa shape index (κ3) is 9.89. The van der Waals surface area contributed by atoms with Gasteiger partial charge in [0.15, 0.2) is 5.17 Å². The third-order valence-electron chi connectivity index (χ3n) is 6.47. The fraction of sp³-hybridized carbons (Fsp3) is 0.290. The molecule has 3 N–H and O–H groups in total. The third-order valence-corrected chi connectivity index (χ3v) is 7.39. The molecule has 0 radical (unpaired) electrons. The monoisotopic (exact) mass is 643 g/mol. The van der Waals surface area contributed by atoms with Gasteiger partial charge in [0.1, 0.15) is 11.5 Å². The highest BCUT2D eigenvalue weighted by Gasteiger charge is 2.33. The van der Waals surface area contributed by atoms with Gasteiger partial charge in [-0.05, 0) is 86.3 Å². The Balaban J connectivity index is 1.28. The van der Waals surface area contributed by atoms with Crippen LogP contribution in [0.15, 0.2) is 71.7 Å². The molecule has 1 saturated heterocycles. The van der Waals surface area contributed by atoms with Gasteiger partial charge in [0.05, 0.1) is 17.5 Å². The molecule has 4 rings (SSSR count). The Bertz CT molecular complexity index is 1550. The van der Waals surface area contributed by atoms with Crippen molar-refractivity contribution in [2.45, 2.75) is 46.1 Å². The molecule has 238 valence electrons. The van der Waals surface area contributed by atoms with E-state index < -0.39 is 24.2 Å². The van der Waals surface area contributed by atoms with Crippen LogP contribution < -0.4 is 30.3 Å². The number of alkyl halides is 3. The summed E-state index contributed by atoms with van der Waals surface area (Å²) in [6.45, 7) is 6.14. The molecule has 3 aromatic carbocycles. The number of hydrogen-bond acceptors (Lipinski definition) is 6. The van der Waals surface area contributed by atoms with Crippen molar-refractivity contribution < 1.29 is 37.0 Å². The highest BCUT2D eigenvalue weighted by Crippen LogP contribution is 2.36. The Kier molecular flexibility index (Phi) is 10.9. The van der Waals surface area contributed by atoms with E-state index in [2.05, 4.69) is 25.7 Å². The van der Waals surface area contributed by atoms with Crippen molar-refractivity contribution in [3.8, 4) is 11.5 Å². The fourth-order valence-corrected chi connectivity index (χ4v) is 4.97. The molecular formula is C31H32F3N5O5S. The van der Waals surface area contributed by atoms with E-state index in [1.807, 2.05) is 39.0 Å². The van der Waals surface area contributed by atoms with Gasteiger partial charge in [0.2, 0.25) is 5.91 Å². The van der Waals surface area contributed by atoms with Crippen molar-refractivity contribution in [1.29, 1.82) is 0 Å². The zero-order chi connectivity index (χ0) is 32.6. The fourth-order valence-electron chi connectivity index (χ4n) is 4.11. The van der Waals surface area contributed by atoms with Crippen LogP contribution in [0.1, 0.15) is 31.4 Å². The van der Waals surface area contributed by atoms with Crippen LogP contribution in [0.5, 0.6) is 11.5 Å². The average Bonchev–Trinajstić information content (AvgIpc) is 3.34. The van der Waals surface area contributed by atoms with Crippen molar-refractivity contribution >= 4 is 52.0 Å². The number of nitrogens with one attached hydrogen (secondary N) is 3. The van der Waals surface area contributed by atoms with Gasteiger partial charge in [-0.15, -0.1) is 13.2 Å². The van der Waals surface area contributed by atoms with Gasteiger partial charge in [0, 0.05) is 17.9 Å². The predicted molar refractivity (Wildman–Crippen MR) is 168 cm³/mol. The van der Waals surface area contributed by atoms with Crippen LogP contribution in [-0.2, 0) is 11.2 Å². The molecule has 0 saturated carbocycles. The Hall–Kier alpha value is -4.72. The number of thioether (sulfide) groups is 1. The van der Waals surface area contributed by atoms with Gasteiger partial charge in [-0.3, -0.25) is 9.69 Å². The van der Waals surface area contributed by atoms with Crippen LogP contribution >= 0.6 is 11.8 Å². The van der Waals surface area contributed by atoms with Gasteiger partial charge >= 0.3 is 18.4 Å². The number of rotatable bonds is 10. The second-order valence-electron chi connectivity index (χ2n) is 10.1. The molecule has 1 aliphatic heterocycles. The summed E-state index contributed by atoms with van der Waals surface area (Å²) in [6.07, 6.45) is -3.58. The van der Waals surface area contributed by atoms with Crippen molar-refractivity contribution in [3.63, 3.8) is 0 Å². The summed E-state index contributed by atoms with van der Waals surface area (Å²) in [5.74, 6) is 0.111. The smallest absolute Gasteiger partial charge is 0.489 e. The molecule has 3 aromatic rings. The molecule has 0 spiro atoms. The lowest BCUT2D eigenvalue weighted by Crippen LogP contribution is -2.32. The Morgan fingerprint density at radius 3 is 2.29 bits per heavy atom. The van der Waals surface area contributed by atoms with E-state index in [1.54, 1.807) is 24.3 Å². The Labute approximate surface area is 262 Å². The van der Waals surface area contributed by atoms with E-state index in [1.165, 1.54) is 28.8 Å². The predicted octanol–water partition coefficient (Wildman–Crippen LogP) is 7.10. The van der Waals surface area contributed by atoms with Crippen LogP contribution in [0, 0.1) is 6.92 Å². The van der Waals surface area contributed by atoms with Crippen molar-refractivity contribution in [2.75, 3.05) is 27.8 Å². The molecule has 0 aromatic heterocycles. The lowest BCUT2D eigenvalue weighted by atomic mass is 10.1. The maximum atomic E-state index is 12.8. The summed E-state index contributed by atoms with van der Waals surface area (Å²) in [6, 6.07) is 16.1. The number of aryl methyl sites for hydroxylation is 1. The van der Waals surface area contributed by atoms with Crippen LogP contribution in [0.2, 0.25) is 0 Å². The zero-order valence-corrected chi connectivity index (χ0v) is 25.6. The highest BCUT2D eigenvalue weighted by molar-refractivity contribution is 8.15. The molecule has 10 nitrogen and oxygen atoms in total. The van der Waals surface area contributed by atoms with E-state index in [4.69, 9.17) is 4.74 Å². The van der Waals surface area contributed by atoms with E-state index in [0.717, 1.165) is 29.7 Å². The molecule has 0 aliphatic carbocycles. The lowest BCUT2D eigenvalue weighted by molar-refractivity contribution is -0.274. The Morgan fingerprint density at radius 2 is 1.67 bits per heavy atom. The van der Waals surface area contributed by atoms with Crippen LogP contribution in [0.3, 0.4) is 0 Å². The molecule has 1 aliphatic rings. The first-order valence-corrected chi connectivity index (χ1v) is 15.0. The van der Waals surface area contributed by atoms with Gasteiger partial charge in [0.25, 0.3) is 0 Å². The number of amides is 5. The number of amidine groups is 1. The minimum absolute atomic E-state index is 0.0568. The van der Waals surface area contributed by atoms with E-state index in [9.17, 15) is 27.6 Å². The molecule has 14 heteroatoms. The number of anilines is 3. The lowest BCUT2D eigenvalue weighted by Gasteiger charge is -2.22. The largest absolute Gasteiger partial charge is 0.573 e. The van der Waals surface area contributed by atoms with Crippen LogP contribution in [0.25, 0.3) is 0 Å². The quantitative estimate of drug-likeness (QED) is 0.217. The summed E-state index contributed by atoms with van der Waals surface area (Å²) >= 11 is 1.18. The van der Waals surface area contributed by atoms with E-state index in [0.29, 0.717) is 23.5 Å². The first kappa shape index (κ1) is 33.2. The van der Waals surface area contributed by atoms with E-state index >= 15 is 0 Å². The maximum Gasteiger partial charge on any atom is 0.573 e. The molecule has 1 atom stereocenters. The molecule has 1 heterocycles. The highest BCUT2D eigenvalue weighted by atomic mass is 32.2. The number of halogens is 3. The number of benzene rings is 3. The van der Waals surface area contributed by atoms with Gasteiger partial charge in [-0.2, -0.15) is 4.99 Å². The van der Waals surface area contributed by atoms with Crippen LogP contribution in [-0.4, -0.2) is 47.9 Å². The second kappa shape index (κ2) is 14.8. The minimum atomic E-state index is -4.80. The number of hydrogen-bond donors (Lipinski definition) is 3. The molecule has 45 heavy (non-hydrogen) atoms. The van der Waals surface area contributed by atoms with Crippen LogP contribution in [0.4, 0.5) is 39.8 Å². The summed E-state index contributed by atoms with van der Waals surface area (Å²) in [7, 11) is 0. The molecule has 5 amide bonds. The van der Waals surface area contributed by atoms with Crippen molar-refractivity contribution in [1.82, 2.24) is 5.32 Å². The van der Waals surface area contributed by atoms with Gasteiger partial charge in [-0.25, -0.2) is 9.59 Å². The molecule has 0 bridgehead atoms. The maximum absolute atomic E-state index is 12.8. The number of urea groups is 2. The average molecular weight is 644 g/mol. The number of ether oxygens (including phenoxy) is 2. The SMILES string of the molecule is CCC(C)Oc1ccc(C)cc1N1C(=O)CSC1=NC(=O)NCCc1ccc(NC(=O)Nc2ccc(OC(F)(F)F)cc2)cc1. The molecule has 1 fully saturated rings. The molecule has 1 unspecified atom stereocenters. The van der Waals surface area contributed by atoms with Gasteiger partial charge < -0.3 is 25.4 Å². The number of aliphatic imine (C=N–C) groups is 1. The minimum Gasteiger partial charge on any atom is -0.489 e. The molecular weight excluding hydrogens is 611 g/mol. The topological polar surface area (TPSA) is 121 Å². The number of carbonyl (C=O) groups excluding carboxylic acids is 3. The number of nitrogens with zero attached hydrogens (tertiary/aromatic N) is 2. The second-order valence-corrected chi connectivity index (χ2v) is 11.0. The standard InChI is InChI=1S/C31H32F3N5O5S/c1-4-20(3)43-26-14-5-19(2)17-25(26)39-27(40)18-45-30(39)38-28(41)35-16-15-21-6-8-22(9-7-21)36-29(42)37-23-10-12-24(13-11-23)44-31(32,33)34/h5-14,17,20H,4,15-16,18H2,1-3H3,(H,35,41)(H2,36,37,42). The summed E-state index contributed by atoms with van der Waals surface area (Å²) < 4.78 is 46.7. The first-order chi connectivity index (χ1) is 21.4. The van der Waals surface area contributed by atoms with Crippen molar-refractivity contribution in [3.05, 3.63) is 77.9 Å². The Morgan fingerprint density at radius 1 is 1.02 bits per heavy atom. The van der Waals surface area contributed by atoms with Crippen molar-refractivity contribution in [2.24, 2.45) is 4.99 Å². The van der Waals surface area contributed by atoms with Gasteiger partial charge in [-0.1, -0.05) is 36.9 Å². The normalized spacial score (nSPS) is 14.7. The summed E-state index contributed by atoms with van der Waals surface area (Å²) in [5, 5.41) is 8.18. The first-order valence-electron chi connectivity index (χ1n) is 14.0. The summed E-state index contributed by atoms with van der Waals surface area (Å²) in [5.41, 5.74) is 3.13. The van der Waals surface area contributed by atoms with E-state index in [-0.39, 0.29) is 35.2 Å². The number of carbonyl (C=O) groups is 3.